The number of aromatic carboxylic acids is 1. The predicted octanol–water partition coefficient (Wildman–Crippen LogP) is 5.56. The van der Waals surface area contributed by atoms with Gasteiger partial charge in [0.05, 0.1) is 17.2 Å². The van der Waals surface area contributed by atoms with Gasteiger partial charge in [-0.3, -0.25) is 0 Å². The summed E-state index contributed by atoms with van der Waals surface area (Å²) >= 11 is 5.89. The van der Waals surface area contributed by atoms with Crippen LogP contribution in [-0.2, 0) is 0 Å². The molecule has 0 aliphatic heterocycles. The van der Waals surface area contributed by atoms with Crippen LogP contribution in [0.4, 0.5) is 0 Å². The molecule has 4 heteroatoms. The van der Waals surface area contributed by atoms with E-state index in [1.54, 1.807) is 12.1 Å². The summed E-state index contributed by atoms with van der Waals surface area (Å²) in [5.74, 6) is -0.387. The van der Waals surface area contributed by atoms with Crippen LogP contribution in [0.25, 0.3) is 0 Å². The number of unbranched alkanes of at least 4 members (excludes halogenated alkanes) is 7. The number of rotatable bonds is 11. The maximum Gasteiger partial charge on any atom is 0.337 e. The highest BCUT2D eigenvalue weighted by Gasteiger charge is 2.09. The second kappa shape index (κ2) is 10.5. The van der Waals surface area contributed by atoms with Crippen LogP contribution >= 0.6 is 11.6 Å². The topological polar surface area (TPSA) is 46.5 Å². The zero-order valence-electron chi connectivity index (χ0n) is 12.7. The fraction of sp³-hybridized carbons (Fsp3) is 0.588. The van der Waals surface area contributed by atoms with Gasteiger partial charge in [0.2, 0.25) is 0 Å². The molecule has 0 heterocycles. The lowest BCUT2D eigenvalue weighted by Gasteiger charge is -2.07. The minimum atomic E-state index is -1.02. The summed E-state index contributed by atoms with van der Waals surface area (Å²) in [6.45, 7) is 2.88. The molecular formula is C17H25ClO3. The third-order valence-electron chi connectivity index (χ3n) is 3.44. The Balaban J connectivity index is 2.13. The number of hydrogen-bond acceptors (Lipinski definition) is 2. The van der Waals surface area contributed by atoms with Gasteiger partial charge in [0.25, 0.3) is 0 Å². The van der Waals surface area contributed by atoms with Gasteiger partial charge in [0.15, 0.2) is 0 Å². The summed E-state index contributed by atoms with van der Waals surface area (Å²) in [5, 5.41) is 9.10. The van der Waals surface area contributed by atoms with Crippen molar-refractivity contribution in [2.24, 2.45) is 0 Å². The molecule has 3 nitrogen and oxygen atoms in total. The highest BCUT2D eigenvalue weighted by molar-refractivity contribution is 6.33. The molecule has 1 aromatic rings. The van der Waals surface area contributed by atoms with Crippen molar-refractivity contribution in [2.75, 3.05) is 6.61 Å². The lowest BCUT2D eigenvalue weighted by atomic mass is 10.1. The molecule has 0 fully saturated rings. The van der Waals surface area contributed by atoms with E-state index in [2.05, 4.69) is 6.92 Å². The van der Waals surface area contributed by atoms with Crippen LogP contribution in [0.3, 0.4) is 0 Å². The lowest BCUT2D eigenvalue weighted by molar-refractivity contribution is 0.0697. The second-order valence-electron chi connectivity index (χ2n) is 5.27. The summed E-state index contributed by atoms with van der Waals surface area (Å²) in [6, 6.07) is 4.70. The SMILES string of the molecule is CCCCCCCCCCOc1ccc(C(=O)O)c(Cl)c1. The third-order valence-corrected chi connectivity index (χ3v) is 3.75. The van der Waals surface area contributed by atoms with Crippen LogP contribution in [0, 0.1) is 0 Å². The Morgan fingerprint density at radius 2 is 1.71 bits per heavy atom. The van der Waals surface area contributed by atoms with Gasteiger partial charge in [-0.25, -0.2) is 4.79 Å². The van der Waals surface area contributed by atoms with E-state index in [0.29, 0.717) is 12.4 Å². The van der Waals surface area contributed by atoms with E-state index in [0.717, 1.165) is 6.42 Å². The maximum atomic E-state index is 10.8. The molecule has 0 radical (unpaired) electrons. The first-order valence-electron chi connectivity index (χ1n) is 7.80. The Bertz CT molecular complexity index is 432. The first-order valence-corrected chi connectivity index (χ1v) is 8.18. The Morgan fingerprint density at radius 1 is 1.10 bits per heavy atom. The minimum absolute atomic E-state index is 0.107. The van der Waals surface area contributed by atoms with Crippen LogP contribution < -0.4 is 4.74 Å². The Labute approximate surface area is 132 Å². The standard InChI is InChI=1S/C17H25ClO3/c1-2-3-4-5-6-7-8-9-12-21-14-10-11-15(17(19)20)16(18)13-14/h10-11,13H,2-9,12H2,1H3,(H,19,20). The number of ether oxygens (including phenoxy) is 1. The van der Waals surface area contributed by atoms with E-state index in [1.165, 1.54) is 51.0 Å². The maximum absolute atomic E-state index is 10.8. The van der Waals surface area contributed by atoms with Gasteiger partial charge in [0.1, 0.15) is 5.75 Å². The molecule has 0 aliphatic carbocycles. The van der Waals surface area contributed by atoms with Crippen LogP contribution in [0.5, 0.6) is 5.75 Å². The molecule has 118 valence electrons. The molecule has 21 heavy (non-hydrogen) atoms. The molecule has 0 saturated heterocycles. The number of hydrogen-bond donors (Lipinski definition) is 1. The molecule has 0 atom stereocenters. The van der Waals surface area contributed by atoms with E-state index >= 15 is 0 Å². The average Bonchev–Trinajstić information content (AvgIpc) is 2.45. The predicted molar refractivity (Wildman–Crippen MR) is 86.5 cm³/mol. The first-order chi connectivity index (χ1) is 10.1. The molecule has 0 unspecified atom stereocenters. The Hall–Kier alpha value is -1.22. The quantitative estimate of drug-likeness (QED) is 0.544. The van der Waals surface area contributed by atoms with Crippen LogP contribution in [0.1, 0.15) is 68.6 Å². The van der Waals surface area contributed by atoms with Gasteiger partial charge in [-0.2, -0.15) is 0 Å². The monoisotopic (exact) mass is 312 g/mol. The van der Waals surface area contributed by atoms with Crippen molar-refractivity contribution < 1.29 is 14.6 Å². The van der Waals surface area contributed by atoms with Gasteiger partial charge in [0, 0.05) is 0 Å². The molecule has 1 rings (SSSR count). The molecule has 0 saturated carbocycles. The number of benzene rings is 1. The molecule has 0 bridgehead atoms. The smallest absolute Gasteiger partial charge is 0.337 e. The van der Waals surface area contributed by atoms with Gasteiger partial charge in [-0.05, 0) is 24.6 Å². The number of carboxylic acids is 1. The minimum Gasteiger partial charge on any atom is -0.494 e. The van der Waals surface area contributed by atoms with Crippen LogP contribution in [-0.4, -0.2) is 17.7 Å². The highest BCUT2D eigenvalue weighted by Crippen LogP contribution is 2.22. The summed E-state index contributed by atoms with van der Waals surface area (Å²) in [6.07, 6.45) is 10.1. The van der Waals surface area contributed by atoms with Crippen molar-refractivity contribution in [3.8, 4) is 5.75 Å². The number of carbonyl (C=O) groups is 1. The van der Waals surface area contributed by atoms with Gasteiger partial charge in [-0.1, -0.05) is 63.5 Å². The van der Waals surface area contributed by atoms with E-state index in [-0.39, 0.29) is 10.6 Å². The molecular weight excluding hydrogens is 288 g/mol. The fourth-order valence-electron chi connectivity index (χ4n) is 2.19. The normalized spacial score (nSPS) is 10.6. The van der Waals surface area contributed by atoms with Gasteiger partial charge < -0.3 is 9.84 Å². The van der Waals surface area contributed by atoms with Crippen LogP contribution in [0.2, 0.25) is 5.02 Å². The van der Waals surface area contributed by atoms with Gasteiger partial charge >= 0.3 is 5.97 Å². The lowest BCUT2D eigenvalue weighted by Crippen LogP contribution is -2.00. The number of halogens is 1. The molecule has 0 aromatic heterocycles. The third kappa shape index (κ3) is 7.37. The Kier molecular flexibility index (Phi) is 8.91. The zero-order chi connectivity index (χ0) is 15.5. The van der Waals surface area contributed by atoms with E-state index in [1.807, 2.05) is 0 Å². The highest BCUT2D eigenvalue weighted by atomic mass is 35.5. The molecule has 0 aliphatic rings. The van der Waals surface area contributed by atoms with Crippen LogP contribution in [0.15, 0.2) is 18.2 Å². The average molecular weight is 313 g/mol. The summed E-state index contributed by atoms with van der Waals surface area (Å²) in [7, 11) is 0. The van der Waals surface area contributed by atoms with Crippen molar-refractivity contribution in [3.05, 3.63) is 28.8 Å². The largest absolute Gasteiger partial charge is 0.494 e. The number of carboxylic acid groups (broad SMARTS) is 1. The van der Waals surface area contributed by atoms with Crippen molar-refractivity contribution in [3.63, 3.8) is 0 Å². The molecule has 0 amide bonds. The van der Waals surface area contributed by atoms with Gasteiger partial charge in [-0.15, -0.1) is 0 Å². The molecule has 0 spiro atoms. The van der Waals surface area contributed by atoms with Crippen molar-refractivity contribution in [1.29, 1.82) is 0 Å². The van der Waals surface area contributed by atoms with Crippen molar-refractivity contribution in [1.82, 2.24) is 0 Å². The molecule has 1 aromatic carbocycles. The van der Waals surface area contributed by atoms with E-state index in [9.17, 15) is 4.79 Å². The first kappa shape index (κ1) is 17.8. The molecule has 1 N–H and O–H groups in total. The summed E-state index contributed by atoms with van der Waals surface area (Å²) in [4.78, 5) is 10.8. The van der Waals surface area contributed by atoms with Crippen molar-refractivity contribution in [2.45, 2.75) is 58.3 Å². The fourth-order valence-corrected chi connectivity index (χ4v) is 2.44. The van der Waals surface area contributed by atoms with E-state index < -0.39 is 5.97 Å². The summed E-state index contributed by atoms with van der Waals surface area (Å²) < 4.78 is 5.59. The second-order valence-corrected chi connectivity index (χ2v) is 5.68. The van der Waals surface area contributed by atoms with Crippen molar-refractivity contribution >= 4 is 17.6 Å². The Morgan fingerprint density at radius 3 is 2.29 bits per heavy atom. The summed E-state index contributed by atoms with van der Waals surface area (Å²) in [5.41, 5.74) is 0.107. The zero-order valence-corrected chi connectivity index (χ0v) is 13.5. The van der Waals surface area contributed by atoms with E-state index in [4.69, 9.17) is 21.4 Å².